The van der Waals surface area contributed by atoms with Gasteiger partial charge >= 0.3 is 5.97 Å². The van der Waals surface area contributed by atoms with Crippen molar-refractivity contribution in [1.29, 1.82) is 0 Å². The fourth-order valence-corrected chi connectivity index (χ4v) is 2.77. The van der Waals surface area contributed by atoms with Gasteiger partial charge in [-0.15, -0.1) is 0 Å². The maximum atomic E-state index is 12.5. The molecule has 4 amide bonds. The molecule has 0 saturated carbocycles. The molecule has 0 aromatic carbocycles. The zero-order valence-electron chi connectivity index (χ0n) is 19.1. The minimum absolute atomic E-state index is 0.0607. The highest BCUT2D eigenvalue weighted by Gasteiger charge is 2.25. The first-order chi connectivity index (χ1) is 16.0. The maximum absolute atomic E-state index is 12.5. The van der Waals surface area contributed by atoms with Crippen LogP contribution in [0.15, 0.2) is 4.99 Å². The monoisotopic (exact) mass is 487 g/mol. The van der Waals surface area contributed by atoms with Crippen LogP contribution in [0.5, 0.6) is 0 Å². The first-order valence-electron chi connectivity index (χ1n) is 10.9. The number of guanidine groups is 1. The number of aliphatic imine (C=N–C) groups is 1. The second kappa shape index (κ2) is 17.1. The van der Waals surface area contributed by atoms with Crippen LogP contribution < -0.4 is 44.6 Å². The van der Waals surface area contributed by atoms with Gasteiger partial charge in [-0.05, 0) is 38.6 Å². The maximum Gasteiger partial charge on any atom is 0.326 e. The van der Waals surface area contributed by atoms with E-state index in [9.17, 15) is 29.1 Å². The Morgan fingerprint density at radius 2 is 1.53 bits per heavy atom. The van der Waals surface area contributed by atoms with E-state index < -0.39 is 54.3 Å². The van der Waals surface area contributed by atoms with E-state index in [1.807, 2.05) is 0 Å². The standard InChI is InChI=1S/C19H37N9O6/c20-8-2-1-4-11(21)16(31)28-12(6-7-14(22)29)17(32)26-10-15(30)27-13(18(33)34)5-3-9-25-19(23)24/h11-13H,1-10,20-21H2,(H2,22,29)(H,26,32)(H,27,30)(H,28,31)(H,33,34)(H4,23,24,25). The lowest BCUT2D eigenvalue weighted by Crippen LogP contribution is -2.53. The lowest BCUT2D eigenvalue weighted by atomic mass is 10.1. The normalized spacial score (nSPS) is 13.1. The molecule has 0 heterocycles. The molecule has 0 radical (unpaired) electrons. The SMILES string of the molecule is NCCCCC(N)C(=O)NC(CCC(N)=O)C(=O)NCC(=O)NC(CCCN=C(N)N)C(=O)O. The Hall–Kier alpha value is -3.46. The van der Waals surface area contributed by atoms with Gasteiger partial charge in [-0.3, -0.25) is 24.2 Å². The number of carbonyl (C=O) groups excluding carboxylic acids is 4. The van der Waals surface area contributed by atoms with Crippen LogP contribution in [-0.2, 0) is 24.0 Å². The fraction of sp³-hybridized carbons (Fsp3) is 0.684. The summed E-state index contributed by atoms with van der Waals surface area (Å²) in [6.45, 7) is 0.0926. The fourth-order valence-electron chi connectivity index (χ4n) is 2.77. The number of nitrogens with one attached hydrogen (secondary N) is 3. The summed E-state index contributed by atoms with van der Waals surface area (Å²) >= 11 is 0. The minimum Gasteiger partial charge on any atom is -0.480 e. The van der Waals surface area contributed by atoms with Crippen LogP contribution in [0.4, 0.5) is 0 Å². The molecule has 0 aromatic rings. The van der Waals surface area contributed by atoms with Gasteiger partial charge in [0.05, 0.1) is 12.6 Å². The van der Waals surface area contributed by atoms with E-state index in [2.05, 4.69) is 20.9 Å². The van der Waals surface area contributed by atoms with Crippen LogP contribution in [0.2, 0.25) is 0 Å². The molecule has 3 atom stereocenters. The second-order valence-electron chi connectivity index (χ2n) is 7.58. The Morgan fingerprint density at radius 1 is 0.853 bits per heavy atom. The summed E-state index contributed by atoms with van der Waals surface area (Å²) in [6, 6.07) is -3.26. The van der Waals surface area contributed by atoms with E-state index in [-0.39, 0.29) is 31.8 Å². The molecule has 0 aliphatic carbocycles. The molecule has 14 N–H and O–H groups in total. The van der Waals surface area contributed by atoms with Crippen molar-refractivity contribution in [2.24, 2.45) is 33.7 Å². The van der Waals surface area contributed by atoms with Crippen molar-refractivity contribution < 1.29 is 29.1 Å². The lowest BCUT2D eigenvalue weighted by Gasteiger charge is -2.21. The highest BCUT2D eigenvalue weighted by atomic mass is 16.4. The zero-order valence-corrected chi connectivity index (χ0v) is 19.1. The molecule has 15 heteroatoms. The molecule has 194 valence electrons. The molecule has 3 unspecified atom stereocenters. The summed E-state index contributed by atoms with van der Waals surface area (Å²) in [5.74, 6) is -4.19. The topological polar surface area (TPSA) is 284 Å². The van der Waals surface area contributed by atoms with Gasteiger partial charge < -0.3 is 49.7 Å². The third kappa shape index (κ3) is 14.6. The van der Waals surface area contributed by atoms with Crippen LogP contribution in [0.3, 0.4) is 0 Å². The number of aliphatic carboxylic acids is 1. The predicted molar refractivity (Wildman–Crippen MR) is 124 cm³/mol. The van der Waals surface area contributed by atoms with Crippen LogP contribution in [-0.4, -0.2) is 78.4 Å². The summed E-state index contributed by atoms with van der Waals surface area (Å²) in [6.07, 6.45) is 1.73. The number of nitrogens with two attached hydrogens (primary N) is 5. The Balaban J connectivity index is 4.84. The smallest absolute Gasteiger partial charge is 0.326 e. The average Bonchev–Trinajstić information content (AvgIpc) is 2.76. The van der Waals surface area contributed by atoms with Crippen molar-refractivity contribution in [2.45, 2.75) is 63.1 Å². The second-order valence-corrected chi connectivity index (χ2v) is 7.58. The van der Waals surface area contributed by atoms with Gasteiger partial charge in [-0.25, -0.2) is 4.79 Å². The van der Waals surface area contributed by atoms with Gasteiger partial charge in [0.2, 0.25) is 23.6 Å². The van der Waals surface area contributed by atoms with Crippen LogP contribution in [0.25, 0.3) is 0 Å². The van der Waals surface area contributed by atoms with E-state index in [0.717, 1.165) is 0 Å². The number of primary amides is 1. The van der Waals surface area contributed by atoms with Gasteiger partial charge in [0.15, 0.2) is 5.96 Å². The van der Waals surface area contributed by atoms with Gasteiger partial charge in [0.1, 0.15) is 12.1 Å². The van der Waals surface area contributed by atoms with Crippen LogP contribution in [0.1, 0.15) is 44.9 Å². The van der Waals surface area contributed by atoms with E-state index in [1.165, 1.54) is 0 Å². The molecule has 0 spiro atoms. The quantitative estimate of drug-likeness (QED) is 0.0511. The van der Waals surface area contributed by atoms with Crippen molar-refractivity contribution in [3.05, 3.63) is 0 Å². The number of hydrogen-bond acceptors (Lipinski definition) is 8. The third-order valence-corrected chi connectivity index (χ3v) is 4.62. The Bertz CT molecular complexity index is 727. The van der Waals surface area contributed by atoms with Crippen molar-refractivity contribution in [3.63, 3.8) is 0 Å². The van der Waals surface area contributed by atoms with Crippen molar-refractivity contribution >= 4 is 35.6 Å². The molecule has 0 bridgehead atoms. The summed E-state index contributed by atoms with van der Waals surface area (Å²) in [4.78, 5) is 63.1. The number of carboxylic acids is 1. The summed E-state index contributed by atoms with van der Waals surface area (Å²) in [7, 11) is 0. The first-order valence-corrected chi connectivity index (χ1v) is 10.9. The minimum atomic E-state index is -1.26. The van der Waals surface area contributed by atoms with Gasteiger partial charge in [-0.1, -0.05) is 6.42 Å². The highest BCUT2D eigenvalue weighted by molar-refractivity contribution is 5.92. The molecule has 0 aromatic heterocycles. The number of carboxylic acid groups (broad SMARTS) is 1. The Labute approximate surface area is 197 Å². The number of nitrogens with zero attached hydrogens (tertiary/aromatic N) is 1. The Kier molecular flexibility index (Phi) is 15.3. The number of amides is 4. The molecule has 0 fully saturated rings. The molecule has 0 aliphatic heterocycles. The third-order valence-electron chi connectivity index (χ3n) is 4.62. The van der Waals surface area contributed by atoms with Gasteiger partial charge in [-0.2, -0.15) is 0 Å². The lowest BCUT2D eigenvalue weighted by molar-refractivity contribution is -0.142. The van der Waals surface area contributed by atoms with Crippen molar-refractivity contribution in [1.82, 2.24) is 16.0 Å². The number of hydrogen-bond donors (Lipinski definition) is 9. The van der Waals surface area contributed by atoms with Gasteiger partial charge in [0.25, 0.3) is 0 Å². The van der Waals surface area contributed by atoms with E-state index in [4.69, 9.17) is 28.7 Å². The molecule has 0 rings (SSSR count). The average molecular weight is 488 g/mol. The number of carbonyl (C=O) groups is 5. The Morgan fingerprint density at radius 3 is 2.09 bits per heavy atom. The molecule has 0 saturated heterocycles. The highest BCUT2D eigenvalue weighted by Crippen LogP contribution is 2.03. The summed E-state index contributed by atoms with van der Waals surface area (Å²) < 4.78 is 0. The molecule has 34 heavy (non-hydrogen) atoms. The van der Waals surface area contributed by atoms with E-state index >= 15 is 0 Å². The molecular weight excluding hydrogens is 450 g/mol. The van der Waals surface area contributed by atoms with Gasteiger partial charge in [0, 0.05) is 13.0 Å². The largest absolute Gasteiger partial charge is 0.480 e. The van der Waals surface area contributed by atoms with E-state index in [1.54, 1.807) is 0 Å². The van der Waals surface area contributed by atoms with Crippen LogP contribution in [0, 0.1) is 0 Å². The van der Waals surface area contributed by atoms with Crippen LogP contribution >= 0.6 is 0 Å². The summed E-state index contributed by atoms with van der Waals surface area (Å²) in [5.41, 5.74) is 26.7. The van der Waals surface area contributed by atoms with Crippen molar-refractivity contribution in [2.75, 3.05) is 19.6 Å². The summed E-state index contributed by atoms with van der Waals surface area (Å²) in [5, 5.41) is 16.3. The van der Waals surface area contributed by atoms with Crippen molar-refractivity contribution in [3.8, 4) is 0 Å². The first kappa shape index (κ1) is 30.5. The molecule has 15 nitrogen and oxygen atoms in total. The van der Waals surface area contributed by atoms with E-state index in [0.29, 0.717) is 32.2 Å². The zero-order chi connectivity index (χ0) is 26.1. The predicted octanol–water partition coefficient (Wildman–Crippen LogP) is -4.07. The number of unbranched alkanes of at least 4 members (excludes halogenated alkanes) is 1. The molecule has 0 aliphatic rings. The number of rotatable bonds is 18. The molecular formula is C19H37N9O6.